The molecule has 2 aromatic carbocycles. The molecule has 6 nitrogen and oxygen atoms in total. The normalized spacial score (nSPS) is 23.7. The minimum Gasteiger partial charge on any atom is -0.339 e. The Morgan fingerprint density at radius 3 is 2.29 bits per heavy atom. The van der Waals surface area contributed by atoms with Gasteiger partial charge in [-0.2, -0.15) is 0 Å². The van der Waals surface area contributed by atoms with E-state index in [0.29, 0.717) is 19.1 Å². The van der Waals surface area contributed by atoms with Gasteiger partial charge >= 0.3 is 0 Å². The van der Waals surface area contributed by atoms with E-state index in [1.807, 2.05) is 66.4 Å². The van der Waals surface area contributed by atoms with Crippen LogP contribution in [0.4, 0.5) is 11.4 Å². The lowest BCUT2D eigenvalue weighted by atomic mass is 10.0. The predicted molar refractivity (Wildman–Crippen MR) is 118 cm³/mol. The van der Waals surface area contributed by atoms with Gasteiger partial charge < -0.3 is 14.7 Å². The Morgan fingerprint density at radius 2 is 1.58 bits per heavy atom. The van der Waals surface area contributed by atoms with Crippen molar-refractivity contribution in [2.24, 2.45) is 5.92 Å². The van der Waals surface area contributed by atoms with Gasteiger partial charge in [-0.3, -0.25) is 14.4 Å². The quantitative estimate of drug-likeness (QED) is 0.767. The molecule has 0 aromatic heterocycles. The van der Waals surface area contributed by atoms with E-state index in [4.69, 9.17) is 0 Å². The highest BCUT2D eigenvalue weighted by Crippen LogP contribution is 2.39. The van der Waals surface area contributed by atoms with Crippen molar-refractivity contribution in [3.63, 3.8) is 0 Å². The average molecular weight is 418 g/mol. The van der Waals surface area contributed by atoms with Gasteiger partial charge in [-0.15, -0.1) is 0 Å². The Balaban J connectivity index is 1.47. The standard InChI is InChI=1S/C25H27N3O3/c1-17-13-23(29)27(15-18-7-3-2-4-8-18)21-9-5-6-10-22(21)28(17)25(31)19-14-24(30)26(16-19)20-11-12-20/h2-10,17,19-20H,11-16H2,1H3/t17-,19-/m1/s1. The number of amides is 3. The Kier molecular flexibility index (Phi) is 5.00. The maximum Gasteiger partial charge on any atom is 0.232 e. The van der Waals surface area contributed by atoms with Gasteiger partial charge in [-0.05, 0) is 37.5 Å². The lowest BCUT2D eigenvalue weighted by Crippen LogP contribution is -2.43. The number of fused-ring (bicyclic) bond motifs is 1. The van der Waals surface area contributed by atoms with Crippen LogP contribution >= 0.6 is 0 Å². The molecule has 6 heteroatoms. The molecule has 160 valence electrons. The van der Waals surface area contributed by atoms with E-state index in [1.165, 1.54) is 0 Å². The van der Waals surface area contributed by atoms with Crippen molar-refractivity contribution in [2.45, 2.75) is 51.2 Å². The molecule has 2 heterocycles. The molecule has 0 radical (unpaired) electrons. The molecular formula is C25H27N3O3. The number of nitrogens with zero attached hydrogens (tertiary/aromatic N) is 3. The third kappa shape index (κ3) is 3.71. The lowest BCUT2D eigenvalue weighted by molar-refractivity contribution is -0.129. The number of benzene rings is 2. The van der Waals surface area contributed by atoms with Gasteiger partial charge in [0.1, 0.15) is 0 Å². The average Bonchev–Trinajstić information content (AvgIpc) is 3.55. The summed E-state index contributed by atoms with van der Waals surface area (Å²) in [4.78, 5) is 44.7. The Bertz CT molecular complexity index is 1020. The van der Waals surface area contributed by atoms with Crippen LogP contribution in [0.1, 0.15) is 38.2 Å². The van der Waals surface area contributed by atoms with Crippen molar-refractivity contribution >= 4 is 29.1 Å². The van der Waals surface area contributed by atoms with Gasteiger partial charge in [0.25, 0.3) is 0 Å². The zero-order valence-electron chi connectivity index (χ0n) is 17.7. The van der Waals surface area contributed by atoms with Crippen molar-refractivity contribution in [3.8, 4) is 0 Å². The van der Waals surface area contributed by atoms with Crippen LogP contribution in [0.3, 0.4) is 0 Å². The molecule has 2 aromatic rings. The number of hydrogen-bond acceptors (Lipinski definition) is 3. The van der Waals surface area contributed by atoms with Crippen LogP contribution < -0.4 is 9.80 Å². The Labute approximate surface area is 182 Å². The molecule has 0 spiro atoms. The van der Waals surface area contributed by atoms with Crippen LogP contribution in [-0.2, 0) is 20.9 Å². The number of para-hydroxylation sites is 2. The molecule has 2 atom stereocenters. The largest absolute Gasteiger partial charge is 0.339 e. The van der Waals surface area contributed by atoms with Gasteiger partial charge in [0.05, 0.1) is 23.8 Å². The van der Waals surface area contributed by atoms with Gasteiger partial charge in [0, 0.05) is 31.5 Å². The molecule has 5 rings (SSSR count). The fraction of sp³-hybridized carbons (Fsp3) is 0.400. The lowest BCUT2D eigenvalue weighted by Gasteiger charge is -2.30. The molecule has 0 bridgehead atoms. The van der Waals surface area contributed by atoms with Gasteiger partial charge in [0.15, 0.2) is 0 Å². The SMILES string of the molecule is C[C@@H]1CC(=O)N(Cc2ccccc2)c2ccccc2N1C(=O)[C@@H]1CC(=O)N(C2CC2)C1. The van der Waals surface area contributed by atoms with E-state index in [2.05, 4.69) is 0 Å². The Morgan fingerprint density at radius 1 is 0.903 bits per heavy atom. The molecule has 3 amide bonds. The third-order valence-electron chi connectivity index (χ3n) is 6.56. The van der Waals surface area contributed by atoms with Gasteiger partial charge in [0.2, 0.25) is 17.7 Å². The summed E-state index contributed by atoms with van der Waals surface area (Å²) < 4.78 is 0. The topological polar surface area (TPSA) is 60.9 Å². The number of likely N-dealkylation sites (tertiary alicyclic amines) is 1. The van der Waals surface area contributed by atoms with E-state index in [-0.39, 0.29) is 42.5 Å². The van der Waals surface area contributed by atoms with Crippen molar-refractivity contribution in [2.75, 3.05) is 16.3 Å². The van der Waals surface area contributed by atoms with Crippen LogP contribution in [-0.4, -0.2) is 41.2 Å². The van der Waals surface area contributed by atoms with E-state index in [1.54, 1.807) is 9.80 Å². The summed E-state index contributed by atoms with van der Waals surface area (Å²) in [7, 11) is 0. The van der Waals surface area contributed by atoms with Crippen LogP contribution in [0.25, 0.3) is 0 Å². The van der Waals surface area contributed by atoms with Crippen molar-refractivity contribution in [1.29, 1.82) is 0 Å². The summed E-state index contributed by atoms with van der Waals surface area (Å²) in [5.41, 5.74) is 2.54. The van der Waals surface area contributed by atoms with Crippen molar-refractivity contribution in [1.82, 2.24) is 4.90 Å². The summed E-state index contributed by atoms with van der Waals surface area (Å²) in [5, 5.41) is 0. The minimum atomic E-state index is -0.348. The van der Waals surface area contributed by atoms with E-state index in [0.717, 1.165) is 29.8 Å². The number of anilines is 2. The monoisotopic (exact) mass is 417 g/mol. The molecule has 2 fully saturated rings. The molecule has 3 aliphatic rings. The summed E-state index contributed by atoms with van der Waals surface area (Å²) >= 11 is 0. The fourth-order valence-corrected chi connectivity index (χ4v) is 4.83. The first-order valence-electron chi connectivity index (χ1n) is 11.1. The van der Waals surface area contributed by atoms with Crippen molar-refractivity contribution < 1.29 is 14.4 Å². The third-order valence-corrected chi connectivity index (χ3v) is 6.56. The van der Waals surface area contributed by atoms with Crippen LogP contribution in [0.15, 0.2) is 54.6 Å². The second kappa shape index (κ2) is 7.84. The first-order chi connectivity index (χ1) is 15.0. The van der Waals surface area contributed by atoms with Gasteiger partial charge in [-0.25, -0.2) is 0 Å². The second-order valence-electron chi connectivity index (χ2n) is 8.89. The highest BCUT2D eigenvalue weighted by Gasteiger charge is 2.45. The Hall–Kier alpha value is -3.15. The van der Waals surface area contributed by atoms with Crippen molar-refractivity contribution in [3.05, 3.63) is 60.2 Å². The van der Waals surface area contributed by atoms with Crippen LogP contribution in [0.5, 0.6) is 0 Å². The minimum absolute atomic E-state index is 0.00112. The second-order valence-corrected chi connectivity index (χ2v) is 8.89. The molecule has 2 aliphatic heterocycles. The molecule has 0 N–H and O–H groups in total. The van der Waals surface area contributed by atoms with Gasteiger partial charge in [-0.1, -0.05) is 42.5 Å². The number of hydrogen-bond donors (Lipinski definition) is 0. The zero-order chi connectivity index (χ0) is 21.5. The summed E-state index contributed by atoms with van der Waals surface area (Å²) in [6.45, 7) is 2.88. The van der Waals surface area contributed by atoms with E-state index < -0.39 is 0 Å². The zero-order valence-corrected chi connectivity index (χ0v) is 17.7. The molecule has 31 heavy (non-hydrogen) atoms. The maximum atomic E-state index is 13.6. The molecular weight excluding hydrogens is 390 g/mol. The van der Waals surface area contributed by atoms with E-state index >= 15 is 0 Å². The highest BCUT2D eigenvalue weighted by atomic mass is 16.2. The van der Waals surface area contributed by atoms with E-state index in [9.17, 15) is 14.4 Å². The predicted octanol–water partition coefficient (Wildman–Crippen LogP) is 3.36. The number of carbonyl (C=O) groups excluding carboxylic acids is 3. The summed E-state index contributed by atoms with van der Waals surface area (Å²) in [6.07, 6.45) is 2.60. The summed E-state index contributed by atoms with van der Waals surface area (Å²) in [5.74, 6) is -0.315. The van der Waals surface area contributed by atoms with Crippen LogP contribution in [0, 0.1) is 5.92 Å². The maximum absolute atomic E-state index is 13.6. The number of carbonyl (C=O) groups is 3. The number of rotatable bonds is 4. The molecule has 1 saturated heterocycles. The highest BCUT2D eigenvalue weighted by molar-refractivity contribution is 6.07. The first-order valence-corrected chi connectivity index (χ1v) is 11.1. The fourth-order valence-electron chi connectivity index (χ4n) is 4.83. The molecule has 1 saturated carbocycles. The van der Waals surface area contributed by atoms with Crippen LogP contribution in [0.2, 0.25) is 0 Å². The molecule has 0 unspecified atom stereocenters. The summed E-state index contributed by atoms with van der Waals surface area (Å²) in [6, 6.07) is 17.6. The first kappa shape index (κ1) is 19.8. The smallest absolute Gasteiger partial charge is 0.232 e. The molecule has 1 aliphatic carbocycles.